The van der Waals surface area contributed by atoms with Crippen LogP contribution in [0.15, 0.2) is 36.4 Å². The van der Waals surface area contributed by atoms with E-state index in [9.17, 15) is 9.59 Å². The van der Waals surface area contributed by atoms with Gasteiger partial charge < -0.3 is 19.5 Å². The largest absolute Gasteiger partial charge is 0.493 e. The maximum Gasteiger partial charge on any atom is 0.340 e. The van der Waals surface area contributed by atoms with Crippen LogP contribution < -0.4 is 14.8 Å². The third-order valence-electron chi connectivity index (χ3n) is 3.72. The summed E-state index contributed by atoms with van der Waals surface area (Å²) >= 11 is 1.46. The first-order valence-electron chi connectivity index (χ1n) is 8.07. The van der Waals surface area contributed by atoms with E-state index in [2.05, 4.69) is 10.3 Å². The second kappa shape index (κ2) is 8.05. The number of carbonyl (C=O) groups is 2. The molecule has 0 fully saturated rings. The predicted molar refractivity (Wildman–Crippen MR) is 103 cm³/mol. The van der Waals surface area contributed by atoms with Crippen LogP contribution in [0.1, 0.15) is 22.3 Å². The third-order valence-corrected chi connectivity index (χ3v) is 4.73. The number of ether oxygens (including phenoxy) is 3. The molecule has 0 atom stereocenters. The van der Waals surface area contributed by atoms with Crippen molar-refractivity contribution in [2.24, 2.45) is 0 Å². The van der Waals surface area contributed by atoms with E-state index in [1.807, 2.05) is 24.3 Å². The zero-order chi connectivity index (χ0) is 19.4. The summed E-state index contributed by atoms with van der Waals surface area (Å²) in [6.07, 6.45) is 0. The molecule has 0 aliphatic heterocycles. The summed E-state index contributed by atoms with van der Waals surface area (Å²) in [6.45, 7) is 1.39. The molecule has 0 saturated heterocycles. The number of amides is 1. The SMILES string of the molecule is COc1cc(NC(C)=O)c(C(=O)OCc2nc3ccccc3s2)cc1OC. The first-order chi connectivity index (χ1) is 13.0. The van der Waals surface area contributed by atoms with E-state index in [-0.39, 0.29) is 23.8 Å². The van der Waals surface area contributed by atoms with Gasteiger partial charge in [0.05, 0.1) is 35.7 Å². The number of para-hydroxylation sites is 1. The van der Waals surface area contributed by atoms with Gasteiger partial charge in [-0.1, -0.05) is 12.1 Å². The fourth-order valence-electron chi connectivity index (χ4n) is 2.53. The number of esters is 1. The van der Waals surface area contributed by atoms with Crippen LogP contribution in [-0.2, 0) is 16.1 Å². The Bertz CT molecular complexity index is 966. The first-order valence-corrected chi connectivity index (χ1v) is 8.88. The number of hydrogen-bond acceptors (Lipinski definition) is 7. The van der Waals surface area contributed by atoms with Gasteiger partial charge in [-0.3, -0.25) is 4.79 Å². The number of aromatic nitrogens is 1. The molecular weight excluding hydrogens is 368 g/mol. The second-order valence-corrected chi connectivity index (χ2v) is 6.70. The molecule has 0 aliphatic carbocycles. The average Bonchev–Trinajstić information content (AvgIpc) is 3.08. The highest BCUT2D eigenvalue weighted by atomic mass is 32.1. The van der Waals surface area contributed by atoms with Gasteiger partial charge in [-0.25, -0.2) is 9.78 Å². The summed E-state index contributed by atoms with van der Waals surface area (Å²) in [7, 11) is 2.94. The van der Waals surface area contributed by atoms with E-state index >= 15 is 0 Å². The van der Waals surface area contributed by atoms with Gasteiger partial charge in [0.15, 0.2) is 11.5 Å². The van der Waals surface area contributed by atoms with Gasteiger partial charge in [0.1, 0.15) is 11.6 Å². The standard InChI is InChI=1S/C19H18N2O5S/c1-11(22)20-14-9-16(25-3)15(24-2)8-12(14)19(23)26-10-18-21-13-6-4-5-7-17(13)27-18/h4-9H,10H2,1-3H3,(H,20,22). The molecule has 0 unspecified atom stereocenters. The molecule has 7 nitrogen and oxygen atoms in total. The number of carbonyl (C=O) groups excluding carboxylic acids is 2. The molecule has 140 valence electrons. The minimum atomic E-state index is -0.598. The molecule has 0 bridgehead atoms. The van der Waals surface area contributed by atoms with Crippen molar-refractivity contribution in [2.45, 2.75) is 13.5 Å². The Morgan fingerprint density at radius 2 is 1.81 bits per heavy atom. The number of rotatable bonds is 6. The Morgan fingerprint density at radius 3 is 2.48 bits per heavy atom. The summed E-state index contributed by atoms with van der Waals surface area (Å²) < 4.78 is 16.9. The minimum Gasteiger partial charge on any atom is -0.493 e. The van der Waals surface area contributed by atoms with E-state index < -0.39 is 5.97 Å². The van der Waals surface area contributed by atoms with Gasteiger partial charge in [0.2, 0.25) is 5.91 Å². The quantitative estimate of drug-likeness (QED) is 0.651. The second-order valence-electron chi connectivity index (χ2n) is 5.59. The van der Waals surface area contributed by atoms with Crippen molar-refractivity contribution in [3.63, 3.8) is 0 Å². The van der Waals surface area contributed by atoms with Crippen molar-refractivity contribution in [2.75, 3.05) is 19.5 Å². The van der Waals surface area contributed by atoms with Crippen LogP contribution in [0.25, 0.3) is 10.2 Å². The molecule has 8 heteroatoms. The van der Waals surface area contributed by atoms with Crippen LogP contribution in [0.4, 0.5) is 5.69 Å². The molecule has 1 amide bonds. The van der Waals surface area contributed by atoms with Crippen molar-refractivity contribution in [3.05, 3.63) is 47.0 Å². The topological polar surface area (TPSA) is 86.8 Å². The van der Waals surface area contributed by atoms with Crippen LogP contribution in [0, 0.1) is 0 Å². The highest BCUT2D eigenvalue weighted by Crippen LogP contribution is 2.34. The lowest BCUT2D eigenvalue weighted by Gasteiger charge is -2.14. The van der Waals surface area contributed by atoms with E-state index in [1.54, 1.807) is 0 Å². The molecule has 1 N–H and O–H groups in total. The number of anilines is 1. The summed E-state index contributed by atoms with van der Waals surface area (Å²) in [4.78, 5) is 28.5. The van der Waals surface area contributed by atoms with Crippen LogP contribution in [0.2, 0.25) is 0 Å². The lowest BCUT2D eigenvalue weighted by Crippen LogP contribution is -2.13. The smallest absolute Gasteiger partial charge is 0.340 e. The molecule has 3 rings (SSSR count). The molecule has 0 spiro atoms. The Morgan fingerprint density at radius 1 is 1.11 bits per heavy atom. The predicted octanol–water partition coefficient (Wildman–Crippen LogP) is 3.63. The lowest BCUT2D eigenvalue weighted by atomic mass is 10.1. The minimum absolute atomic E-state index is 0.0338. The highest BCUT2D eigenvalue weighted by molar-refractivity contribution is 7.18. The van der Waals surface area contributed by atoms with Gasteiger partial charge in [-0.15, -0.1) is 11.3 Å². The molecule has 1 heterocycles. The molecule has 3 aromatic rings. The Labute approximate surface area is 159 Å². The Balaban J connectivity index is 1.84. The van der Waals surface area contributed by atoms with Gasteiger partial charge in [-0.05, 0) is 12.1 Å². The number of methoxy groups -OCH3 is 2. The number of nitrogens with one attached hydrogen (secondary N) is 1. The van der Waals surface area contributed by atoms with Crippen molar-refractivity contribution < 1.29 is 23.8 Å². The fraction of sp³-hybridized carbons (Fsp3) is 0.211. The van der Waals surface area contributed by atoms with Gasteiger partial charge in [-0.2, -0.15) is 0 Å². The number of benzene rings is 2. The molecule has 1 aromatic heterocycles. The maximum absolute atomic E-state index is 12.6. The van der Waals surface area contributed by atoms with Gasteiger partial charge >= 0.3 is 5.97 Å². The van der Waals surface area contributed by atoms with E-state index in [0.717, 1.165) is 10.2 Å². The summed E-state index contributed by atoms with van der Waals surface area (Å²) in [5.41, 5.74) is 1.32. The van der Waals surface area contributed by atoms with Gasteiger partial charge in [0, 0.05) is 19.1 Å². The molecule has 2 aromatic carbocycles. The van der Waals surface area contributed by atoms with Crippen LogP contribution >= 0.6 is 11.3 Å². The van der Waals surface area contributed by atoms with E-state index in [1.165, 1.54) is 44.6 Å². The molecule has 0 radical (unpaired) electrons. The third kappa shape index (κ3) is 4.17. The normalized spacial score (nSPS) is 10.5. The highest BCUT2D eigenvalue weighted by Gasteiger charge is 2.19. The first kappa shape index (κ1) is 18.7. The monoisotopic (exact) mass is 386 g/mol. The van der Waals surface area contributed by atoms with Crippen LogP contribution in [0.3, 0.4) is 0 Å². The maximum atomic E-state index is 12.6. The van der Waals surface area contributed by atoms with Crippen molar-refractivity contribution in [1.82, 2.24) is 4.98 Å². The van der Waals surface area contributed by atoms with E-state index in [0.29, 0.717) is 16.5 Å². The summed E-state index contributed by atoms with van der Waals surface area (Å²) in [6, 6.07) is 10.7. The van der Waals surface area contributed by atoms with Crippen LogP contribution in [-0.4, -0.2) is 31.1 Å². The molecule has 0 aliphatic rings. The van der Waals surface area contributed by atoms with E-state index in [4.69, 9.17) is 14.2 Å². The number of thiazole rings is 1. The summed E-state index contributed by atoms with van der Waals surface area (Å²) in [5.74, 6) is -0.163. The average molecular weight is 386 g/mol. The Kier molecular flexibility index (Phi) is 5.56. The van der Waals surface area contributed by atoms with Crippen LogP contribution in [0.5, 0.6) is 11.5 Å². The summed E-state index contributed by atoms with van der Waals surface area (Å²) in [5, 5.41) is 3.30. The molecule has 0 saturated carbocycles. The van der Waals surface area contributed by atoms with Gasteiger partial charge in [0.25, 0.3) is 0 Å². The fourth-order valence-corrected chi connectivity index (χ4v) is 3.41. The number of hydrogen-bond donors (Lipinski definition) is 1. The van der Waals surface area contributed by atoms with Crippen molar-refractivity contribution in [1.29, 1.82) is 0 Å². The van der Waals surface area contributed by atoms with Crippen molar-refractivity contribution in [3.8, 4) is 11.5 Å². The number of nitrogens with zero attached hydrogens (tertiary/aromatic N) is 1. The lowest BCUT2D eigenvalue weighted by molar-refractivity contribution is -0.114. The zero-order valence-electron chi connectivity index (χ0n) is 15.1. The number of fused-ring (bicyclic) bond motifs is 1. The van der Waals surface area contributed by atoms with Crippen molar-refractivity contribution >= 4 is 39.1 Å². The molecular formula is C19H18N2O5S. The Hall–Kier alpha value is -3.13. The molecule has 27 heavy (non-hydrogen) atoms. The zero-order valence-corrected chi connectivity index (χ0v) is 15.9.